The molecule has 3 N–H and O–H groups in total. The second-order valence-corrected chi connectivity index (χ2v) is 5.32. The van der Waals surface area contributed by atoms with Gasteiger partial charge in [0.2, 0.25) is 0 Å². The van der Waals surface area contributed by atoms with Crippen LogP contribution in [0.5, 0.6) is 0 Å². The maximum Gasteiger partial charge on any atom is 0.255 e. The Hall–Kier alpha value is -1.66. The van der Waals surface area contributed by atoms with Crippen LogP contribution in [-0.4, -0.2) is 5.91 Å². The lowest BCUT2D eigenvalue weighted by Gasteiger charge is -2.10. The SMILES string of the molecule is Nc1cc(F)cc(F)c1NC(=O)c1cc(Cl)cc(Br)c1. The molecule has 0 aliphatic heterocycles. The van der Waals surface area contributed by atoms with E-state index in [1.54, 1.807) is 6.07 Å². The quantitative estimate of drug-likeness (QED) is 0.787. The van der Waals surface area contributed by atoms with Crippen LogP contribution in [0, 0.1) is 11.6 Å². The summed E-state index contributed by atoms with van der Waals surface area (Å²) in [6.45, 7) is 0. The molecule has 0 bridgehead atoms. The topological polar surface area (TPSA) is 55.1 Å². The molecule has 0 aromatic heterocycles. The van der Waals surface area contributed by atoms with E-state index in [-0.39, 0.29) is 16.9 Å². The van der Waals surface area contributed by atoms with Crippen molar-refractivity contribution in [2.75, 3.05) is 11.1 Å². The molecule has 0 aliphatic rings. The Morgan fingerprint density at radius 3 is 2.50 bits per heavy atom. The van der Waals surface area contributed by atoms with Gasteiger partial charge < -0.3 is 11.1 Å². The molecule has 0 unspecified atom stereocenters. The van der Waals surface area contributed by atoms with Crippen LogP contribution in [0.1, 0.15) is 10.4 Å². The molecule has 2 aromatic carbocycles. The Kier molecular flexibility index (Phi) is 4.25. The largest absolute Gasteiger partial charge is 0.397 e. The number of hydrogen-bond donors (Lipinski definition) is 2. The highest BCUT2D eigenvalue weighted by molar-refractivity contribution is 9.10. The Bertz CT molecular complexity index is 651. The number of halogens is 4. The summed E-state index contributed by atoms with van der Waals surface area (Å²) < 4.78 is 27.1. The minimum absolute atomic E-state index is 0.197. The minimum Gasteiger partial charge on any atom is -0.397 e. The molecular formula is C13H8BrClF2N2O. The molecule has 0 saturated heterocycles. The van der Waals surface area contributed by atoms with Crippen molar-refractivity contribution >= 4 is 44.8 Å². The number of amides is 1. The number of nitrogen functional groups attached to an aromatic ring is 1. The molecule has 2 aromatic rings. The summed E-state index contributed by atoms with van der Waals surface area (Å²) in [7, 11) is 0. The van der Waals surface area contributed by atoms with Crippen LogP contribution in [-0.2, 0) is 0 Å². The molecule has 3 nitrogen and oxygen atoms in total. The summed E-state index contributed by atoms with van der Waals surface area (Å²) in [5.74, 6) is -2.37. The molecule has 0 aliphatic carbocycles. The van der Waals surface area contributed by atoms with Crippen molar-refractivity contribution in [2.45, 2.75) is 0 Å². The Balaban J connectivity index is 2.32. The first-order valence-electron chi connectivity index (χ1n) is 5.39. The number of benzene rings is 2. The zero-order valence-electron chi connectivity index (χ0n) is 9.88. The fourth-order valence-electron chi connectivity index (χ4n) is 1.60. The van der Waals surface area contributed by atoms with Gasteiger partial charge in [-0.2, -0.15) is 0 Å². The van der Waals surface area contributed by atoms with Crippen molar-refractivity contribution in [3.8, 4) is 0 Å². The lowest BCUT2D eigenvalue weighted by atomic mass is 10.2. The van der Waals surface area contributed by atoms with E-state index < -0.39 is 17.5 Å². The zero-order valence-corrected chi connectivity index (χ0v) is 12.2. The van der Waals surface area contributed by atoms with Crippen molar-refractivity contribution in [1.82, 2.24) is 0 Å². The van der Waals surface area contributed by atoms with E-state index in [0.717, 1.165) is 6.07 Å². The monoisotopic (exact) mass is 360 g/mol. The molecule has 0 fully saturated rings. The number of nitrogens with one attached hydrogen (secondary N) is 1. The smallest absolute Gasteiger partial charge is 0.255 e. The normalized spacial score (nSPS) is 10.4. The standard InChI is InChI=1S/C13H8BrClF2N2O/c14-7-1-6(2-8(15)3-7)13(20)19-12-10(17)4-9(16)5-11(12)18/h1-5H,18H2,(H,19,20). The van der Waals surface area contributed by atoms with Gasteiger partial charge in [-0.1, -0.05) is 27.5 Å². The number of anilines is 2. The summed E-state index contributed by atoms with van der Waals surface area (Å²) in [6.07, 6.45) is 0. The Morgan fingerprint density at radius 2 is 1.90 bits per heavy atom. The molecule has 20 heavy (non-hydrogen) atoms. The van der Waals surface area contributed by atoms with Gasteiger partial charge in [-0.3, -0.25) is 4.79 Å². The third-order valence-electron chi connectivity index (χ3n) is 2.45. The van der Waals surface area contributed by atoms with Gasteiger partial charge >= 0.3 is 0 Å². The number of hydrogen-bond acceptors (Lipinski definition) is 2. The van der Waals surface area contributed by atoms with Crippen molar-refractivity contribution in [2.24, 2.45) is 0 Å². The summed E-state index contributed by atoms with van der Waals surface area (Å²) >= 11 is 9.01. The highest BCUT2D eigenvalue weighted by Crippen LogP contribution is 2.25. The van der Waals surface area contributed by atoms with E-state index >= 15 is 0 Å². The summed E-state index contributed by atoms with van der Waals surface area (Å²) in [5.41, 5.74) is 5.23. The highest BCUT2D eigenvalue weighted by Gasteiger charge is 2.14. The van der Waals surface area contributed by atoms with E-state index in [1.165, 1.54) is 12.1 Å². The number of carbonyl (C=O) groups is 1. The number of rotatable bonds is 2. The van der Waals surface area contributed by atoms with Crippen LogP contribution < -0.4 is 11.1 Å². The van der Waals surface area contributed by atoms with Crippen LogP contribution >= 0.6 is 27.5 Å². The predicted molar refractivity (Wildman–Crippen MR) is 77.9 cm³/mol. The van der Waals surface area contributed by atoms with Gasteiger partial charge in [0.05, 0.1) is 5.69 Å². The van der Waals surface area contributed by atoms with Crippen LogP contribution in [0.15, 0.2) is 34.8 Å². The average Bonchev–Trinajstić information content (AvgIpc) is 2.32. The number of nitrogens with two attached hydrogens (primary N) is 1. The van der Waals surface area contributed by atoms with Gasteiger partial charge in [-0.25, -0.2) is 8.78 Å². The summed E-state index contributed by atoms with van der Waals surface area (Å²) in [6, 6.07) is 6.09. The van der Waals surface area contributed by atoms with E-state index in [4.69, 9.17) is 17.3 Å². The average molecular weight is 362 g/mol. The van der Waals surface area contributed by atoms with Gasteiger partial charge in [-0.15, -0.1) is 0 Å². The Labute approximate surface area is 126 Å². The van der Waals surface area contributed by atoms with Crippen molar-refractivity contribution < 1.29 is 13.6 Å². The second-order valence-electron chi connectivity index (χ2n) is 3.96. The molecule has 0 spiro atoms. The third-order valence-corrected chi connectivity index (χ3v) is 3.12. The van der Waals surface area contributed by atoms with Crippen LogP contribution in [0.25, 0.3) is 0 Å². The third kappa shape index (κ3) is 3.26. The molecule has 0 radical (unpaired) electrons. The molecular weight excluding hydrogens is 354 g/mol. The van der Waals surface area contributed by atoms with Crippen molar-refractivity contribution in [3.63, 3.8) is 0 Å². The molecule has 0 heterocycles. The lowest BCUT2D eigenvalue weighted by molar-refractivity contribution is 0.102. The molecule has 104 valence electrons. The molecule has 1 amide bonds. The van der Waals surface area contributed by atoms with Crippen LogP contribution in [0.4, 0.5) is 20.2 Å². The fraction of sp³-hybridized carbons (Fsp3) is 0. The molecule has 0 saturated carbocycles. The van der Waals surface area contributed by atoms with Crippen molar-refractivity contribution in [3.05, 3.63) is 57.0 Å². The first kappa shape index (κ1) is 14.7. The van der Waals surface area contributed by atoms with Gasteiger partial charge in [0.1, 0.15) is 11.5 Å². The minimum atomic E-state index is -0.947. The van der Waals surface area contributed by atoms with E-state index in [1.807, 2.05) is 0 Å². The molecule has 7 heteroatoms. The van der Waals surface area contributed by atoms with Gasteiger partial charge in [-0.05, 0) is 24.3 Å². The highest BCUT2D eigenvalue weighted by atomic mass is 79.9. The Morgan fingerprint density at radius 1 is 1.20 bits per heavy atom. The summed E-state index contributed by atoms with van der Waals surface area (Å²) in [5, 5.41) is 2.64. The molecule has 2 rings (SSSR count). The van der Waals surface area contributed by atoms with Gasteiger partial charge in [0, 0.05) is 21.1 Å². The first-order chi connectivity index (χ1) is 9.36. The zero-order chi connectivity index (χ0) is 14.9. The van der Waals surface area contributed by atoms with Crippen molar-refractivity contribution in [1.29, 1.82) is 0 Å². The van der Waals surface area contributed by atoms with Gasteiger partial charge in [0.15, 0.2) is 5.82 Å². The van der Waals surface area contributed by atoms with E-state index in [0.29, 0.717) is 15.6 Å². The van der Waals surface area contributed by atoms with E-state index in [9.17, 15) is 13.6 Å². The summed E-state index contributed by atoms with van der Waals surface area (Å²) in [4.78, 5) is 12.0. The molecule has 0 atom stereocenters. The van der Waals surface area contributed by atoms with Gasteiger partial charge in [0.25, 0.3) is 5.91 Å². The van der Waals surface area contributed by atoms with Crippen LogP contribution in [0.2, 0.25) is 5.02 Å². The maximum atomic E-state index is 13.6. The lowest BCUT2D eigenvalue weighted by Crippen LogP contribution is -2.14. The van der Waals surface area contributed by atoms with Crippen LogP contribution in [0.3, 0.4) is 0 Å². The predicted octanol–water partition coefficient (Wildman–Crippen LogP) is 4.22. The maximum absolute atomic E-state index is 13.6. The van der Waals surface area contributed by atoms with E-state index in [2.05, 4.69) is 21.2 Å². The fourth-order valence-corrected chi connectivity index (χ4v) is 2.46. The second kappa shape index (κ2) is 5.76. The first-order valence-corrected chi connectivity index (χ1v) is 6.56. The number of carbonyl (C=O) groups excluding carboxylic acids is 1.